The average Bonchev–Trinajstić information content (AvgIpc) is 3.20. The molecule has 5 nitrogen and oxygen atoms in total. The van der Waals surface area contributed by atoms with E-state index in [2.05, 4.69) is 0 Å². The van der Waals surface area contributed by atoms with Crippen molar-refractivity contribution < 1.29 is 23.4 Å². The van der Waals surface area contributed by atoms with Gasteiger partial charge in [-0.15, -0.1) is 11.8 Å². The minimum atomic E-state index is -0.946. The van der Waals surface area contributed by atoms with E-state index in [9.17, 15) is 13.6 Å². The van der Waals surface area contributed by atoms with Gasteiger partial charge >= 0.3 is 5.97 Å². The molecule has 1 aliphatic rings. The van der Waals surface area contributed by atoms with Gasteiger partial charge in [0.2, 0.25) is 0 Å². The topological polar surface area (TPSA) is 64.4 Å². The van der Waals surface area contributed by atoms with Crippen molar-refractivity contribution in [2.45, 2.75) is 44.2 Å². The molecule has 0 saturated heterocycles. The van der Waals surface area contributed by atoms with Gasteiger partial charge in [0.05, 0.1) is 6.61 Å². The summed E-state index contributed by atoms with van der Waals surface area (Å²) in [7, 11) is 0. The summed E-state index contributed by atoms with van der Waals surface area (Å²) in [6.07, 6.45) is 3.92. The first-order valence-corrected chi connectivity index (χ1v) is 13.0. The van der Waals surface area contributed by atoms with Crippen molar-refractivity contribution in [3.63, 3.8) is 0 Å². The maximum absolute atomic E-state index is 15.0. The number of benzene rings is 2. The fourth-order valence-electron chi connectivity index (χ4n) is 4.73. The Morgan fingerprint density at radius 2 is 1.80 bits per heavy atom. The van der Waals surface area contributed by atoms with Crippen LogP contribution in [0.25, 0.3) is 22.4 Å². The lowest BCUT2D eigenvalue weighted by Crippen LogP contribution is -2.23. The third kappa shape index (κ3) is 6.11. The molecule has 1 fully saturated rings. The molecule has 4 rings (SSSR count). The van der Waals surface area contributed by atoms with Gasteiger partial charge in [-0.05, 0) is 49.3 Å². The zero-order chi connectivity index (χ0) is 24.8. The third-order valence-electron chi connectivity index (χ3n) is 6.43. The lowest BCUT2D eigenvalue weighted by atomic mass is 9.82. The first-order chi connectivity index (χ1) is 17.0. The van der Waals surface area contributed by atoms with Crippen LogP contribution in [0.5, 0.6) is 0 Å². The van der Waals surface area contributed by atoms with Gasteiger partial charge in [-0.2, -0.15) is 5.10 Å². The summed E-state index contributed by atoms with van der Waals surface area (Å²) in [5.41, 5.74) is 2.38. The zero-order valence-electron chi connectivity index (χ0n) is 19.8. The Bertz CT molecular complexity index is 1140. The smallest absolute Gasteiger partial charge is 0.329 e. The quantitative estimate of drug-likeness (QED) is 0.321. The van der Waals surface area contributed by atoms with Crippen molar-refractivity contribution >= 4 is 17.7 Å². The predicted molar refractivity (Wildman–Crippen MR) is 133 cm³/mol. The highest BCUT2D eigenvalue weighted by Crippen LogP contribution is 2.42. The molecular formula is C27H30F2N2O3S. The molecule has 1 saturated carbocycles. The van der Waals surface area contributed by atoms with E-state index in [0.29, 0.717) is 36.2 Å². The third-order valence-corrected chi connectivity index (χ3v) is 7.41. The molecule has 0 bridgehead atoms. The van der Waals surface area contributed by atoms with E-state index in [1.54, 1.807) is 17.8 Å². The van der Waals surface area contributed by atoms with Crippen LogP contribution in [0.15, 0.2) is 53.6 Å². The Kier molecular flexibility index (Phi) is 8.57. The lowest BCUT2D eigenvalue weighted by Gasteiger charge is -2.28. The number of carboxylic acid groups (broad SMARTS) is 1. The lowest BCUT2D eigenvalue weighted by molar-refractivity contribution is -0.142. The number of halogens is 2. The molecule has 0 radical (unpaired) electrons. The number of hydrogen-bond acceptors (Lipinski definition) is 4. The second kappa shape index (κ2) is 11.8. The van der Waals surface area contributed by atoms with Gasteiger partial charge in [0.1, 0.15) is 17.3 Å². The Morgan fingerprint density at radius 1 is 1.09 bits per heavy atom. The molecule has 0 aliphatic heterocycles. The second-order valence-corrected chi connectivity index (χ2v) is 10.2. The molecule has 1 aromatic heterocycles. The van der Waals surface area contributed by atoms with Crippen LogP contribution >= 0.6 is 11.8 Å². The van der Waals surface area contributed by atoms with Gasteiger partial charge in [0.15, 0.2) is 11.6 Å². The molecule has 1 N–H and O–H groups in total. The minimum absolute atomic E-state index is 0.227. The van der Waals surface area contributed by atoms with E-state index in [-0.39, 0.29) is 12.2 Å². The molecule has 35 heavy (non-hydrogen) atoms. The normalized spacial score (nSPS) is 18.0. The van der Waals surface area contributed by atoms with Crippen molar-refractivity contribution in [1.29, 1.82) is 0 Å². The summed E-state index contributed by atoms with van der Waals surface area (Å²) in [4.78, 5) is 10.7. The number of aliphatic carboxylic acids is 1. The summed E-state index contributed by atoms with van der Waals surface area (Å²) in [6, 6.07) is 13.9. The number of hydrogen-bond donors (Lipinski definition) is 1. The minimum Gasteiger partial charge on any atom is -0.480 e. The zero-order valence-corrected chi connectivity index (χ0v) is 20.6. The molecule has 0 atom stereocenters. The summed E-state index contributed by atoms with van der Waals surface area (Å²) in [5.74, 6) is -1.13. The van der Waals surface area contributed by atoms with E-state index >= 15 is 0 Å². The summed E-state index contributed by atoms with van der Waals surface area (Å²) in [5, 5.41) is 14.6. The highest BCUT2D eigenvalue weighted by atomic mass is 32.2. The van der Waals surface area contributed by atoms with Gasteiger partial charge < -0.3 is 9.84 Å². The maximum atomic E-state index is 15.0. The Morgan fingerprint density at radius 3 is 2.49 bits per heavy atom. The van der Waals surface area contributed by atoms with E-state index < -0.39 is 17.6 Å². The van der Waals surface area contributed by atoms with Gasteiger partial charge in [-0.1, -0.05) is 49.4 Å². The average molecular weight is 501 g/mol. The van der Waals surface area contributed by atoms with E-state index in [4.69, 9.17) is 14.9 Å². The number of thioether (sulfide) groups is 1. The number of carbonyl (C=O) groups is 1. The highest BCUT2D eigenvalue weighted by molar-refractivity contribution is 7.99. The molecule has 0 amide bonds. The molecule has 186 valence electrons. The number of ether oxygens (including phenoxy) is 1. The Balaban J connectivity index is 1.62. The Labute approximate surface area is 208 Å². The molecule has 2 aromatic carbocycles. The van der Waals surface area contributed by atoms with Crippen LogP contribution < -0.4 is 0 Å². The molecular weight excluding hydrogens is 470 g/mol. The summed E-state index contributed by atoms with van der Waals surface area (Å²) in [6.45, 7) is 2.95. The van der Waals surface area contributed by atoms with Crippen LogP contribution in [0.3, 0.4) is 0 Å². The van der Waals surface area contributed by atoms with Gasteiger partial charge in [-0.25, -0.2) is 13.6 Å². The van der Waals surface area contributed by atoms with Crippen molar-refractivity contribution in [2.75, 3.05) is 19.0 Å². The number of rotatable bonds is 10. The van der Waals surface area contributed by atoms with Crippen molar-refractivity contribution in [2.24, 2.45) is 11.8 Å². The summed E-state index contributed by atoms with van der Waals surface area (Å²) < 4.78 is 36.5. The van der Waals surface area contributed by atoms with Gasteiger partial charge in [0, 0.05) is 23.2 Å². The molecule has 1 heterocycles. The van der Waals surface area contributed by atoms with Crippen LogP contribution in [0.1, 0.15) is 32.6 Å². The molecule has 1 aliphatic carbocycles. The molecule has 8 heteroatoms. The first-order valence-electron chi connectivity index (χ1n) is 12.0. The van der Waals surface area contributed by atoms with Crippen LogP contribution in [-0.4, -0.2) is 39.8 Å². The standard InChI is InChI=1S/C27H30F2N2O3S/c1-2-35-27-24(21-9-6-10-22(28)25(21)29)26(20-7-4-3-5-8-20)30-31(27)15-18-11-13-19(14-12-18)16-34-17-23(32)33/h3-10,18-19H,2,11-17H2,1H3,(H,32,33). The first kappa shape index (κ1) is 25.4. The largest absolute Gasteiger partial charge is 0.480 e. The van der Waals surface area contributed by atoms with Crippen LogP contribution in [0, 0.1) is 23.5 Å². The number of aromatic nitrogens is 2. The second-order valence-electron chi connectivity index (χ2n) is 8.91. The van der Waals surface area contributed by atoms with Crippen molar-refractivity contribution in [1.82, 2.24) is 9.78 Å². The van der Waals surface area contributed by atoms with Crippen LogP contribution in [-0.2, 0) is 16.1 Å². The fourth-order valence-corrected chi connectivity index (χ4v) is 5.62. The Hall–Kier alpha value is -2.71. The van der Waals surface area contributed by atoms with Crippen molar-refractivity contribution in [3.8, 4) is 22.4 Å². The molecule has 0 unspecified atom stereocenters. The summed E-state index contributed by atoms with van der Waals surface area (Å²) >= 11 is 1.59. The van der Waals surface area contributed by atoms with Crippen LogP contribution in [0.4, 0.5) is 8.78 Å². The van der Waals surface area contributed by atoms with E-state index in [1.807, 2.05) is 41.9 Å². The van der Waals surface area contributed by atoms with Gasteiger partial charge in [0.25, 0.3) is 0 Å². The predicted octanol–water partition coefficient (Wildman–Crippen LogP) is 6.51. The van der Waals surface area contributed by atoms with Crippen LogP contribution in [0.2, 0.25) is 0 Å². The number of nitrogens with zero attached hydrogens (tertiary/aromatic N) is 2. The fraction of sp³-hybridized carbons (Fsp3) is 0.407. The monoisotopic (exact) mass is 500 g/mol. The molecule has 3 aromatic rings. The van der Waals surface area contributed by atoms with Gasteiger partial charge in [-0.3, -0.25) is 4.68 Å². The maximum Gasteiger partial charge on any atom is 0.329 e. The number of carboxylic acids is 1. The van der Waals surface area contributed by atoms with E-state index in [0.717, 1.165) is 48.1 Å². The SMILES string of the molecule is CCSc1c(-c2cccc(F)c2F)c(-c2ccccc2)nn1CC1CCC(COCC(=O)O)CC1. The van der Waals surface area contributed by atoms with E-state index in [1.165, 1.54) is 6.07 Å². The van der Waals surface area contributed by atoms with Crippen molar-refractivity contribution in [3.05, 3.63) is 60.2 Å². The highest BCUT2D eigenvalue weighted by Gasteiger charge is 2.27. The molecule has 0 spiro atoms.